The van der Waals surface area contributed by atoms with Crippen molar-refractivity contribution >= 4 is 0 Å². The maximum Gasteiger partial charge on any atom is 0.416 e. The first-order valence-electron chi connectivity index (χ1n) is 7.71. The van der Waals surface area contributed by atoms with Crippen LogP contribution in [-0.2, 0) is 17.5 Å². The Hall–Kier alpha value is -1.82. The van der Waals surface area contributed by atoms with Gasteiger partial charge in [0.05, 0.1) is 11.7 Å². The van der Waals surface area contributed by atoms with Crippen molar-refractivity contribution in [3.8, 4) is 0 Å². The summed E-state index contributed by atoms with van der Waals surface area (Å²) in [6, 6.07) is 5.33. The van der Waals surface area contributed by atoms with Crippen molar-refractivity contribution < 1.29 is 17.9 Å². The fourth-order valence-electron chi connectivity index (χ4n) is 3.11. The molecule has 2 aromatic rings. The van der Waals surface area contributed by atoms with Crippen molar-refractivity contribution in [2.24, 2.45) is 5.92 Å². The molecule has 6 heteroatoms. The van der Waals surface area contributed by atoms with E-state index in [4.69, 9.17) is 4.74 Å². The van der Waals surface area contributed by atoms with E-state index in [-0.39, 0.29) is 12.0 Å². The van der Waals surface area contributed by atoms with Gasteiger partial charge in [-0.25, -0.2) is 4.98 Å². The molecule has 3 rings (SSSR count). The molecule has 0 bridgehead atoms. The number of hydrogen-bond acceptors (Lipinski definition) is 2. The maximum atomic E-state index is 12.7. The first kappa shape index (κ1) is 16.1. The molecule has 23 heavy (non-hydrogen) atoms. The maximum absolute atomic E-state index is 12.7. The van der Waals surface area contributed by atoms with Gasteiger partial charge in [0, 0.05) is 31.5 Å². The van der Waals surface area contributed by atoms with E-state index in [0.29, 0.717) is 6.61 Å². The minimum atomic E-state index is -4.31. The van der Waals surface area contributed by atoms with Gasteiger partial charge in [-0.15, -0.1) is 0 Å². The van der Waals surface area contributed by atoms with Crippen LogP contribution in [0.25, 0.3) is 0 Å². The van der Waals surface area contributed by atoms with Gasteiger partial charge >= 0.3 is 6.18 Å². The van der Waals surface area contributed by atoms with E-state index in [1.165, 1.54) is 12.1 Å². The Morgan fingerprint density at radius 2 is 2.00 bits per heavy atom. The van der Waals surface area contributed by atoms with Gasteiger partial charge in [-0.05, 0) is 37.5 Å². The van der Waals surface area contributed by atoms with Crippen LogP contribution in [0.15, 0.2) is 36.7 Å². The largest absolute Gasteiger partial charge is 0.416 e. The average molecular weight is 324 g/mol. The Balaban J connectivity index is 1.79. The Morgan fingerprint density at radius 3 is 2.61 bits per heavy atom. The van der Waals surface area contributed by atoms with Crippen molar-refractivity contribution in [2.75, 3.05) is 6.61 Å². The van der Waals surface area contributed by atoms with Gasteiger partial charge in [-0.2, -0.15) is 13.2 Å². The van der Waals surface area contributed by atoms with Crippen molar-refractivity contribution in [1.29, 1.82) is 0 Å². The van der Waals surface area contributed by atoms with Crippen LogP contribution in [0.3, 0.4) is 0 Å². The van der Waals surface area contributed by atoms with Gasteiger partial charge in [-0.1, -0.05) is 12.1 Å². The van der Waals surface area contributed by atoms with Crippen LogP contribution < -0.4 is 0 Å². The van der Waals surface area contributed by atoms with Gasteiger partial charge in [-0.3, -0.25) is 0 Å². The highest BCUT2D eigenvalue weighted by Gasteiger charge is 2.32. The summed E-state index contributed by atoms with van der Waals surface area (Å²) in [6.07, 6.45) is 1.16. The first-order valence-corrected chi connectivity index (χ1v) is 7.71. The monoisotopic (exact) mass is 324 g/mol. The van der Waals surface area contributed by atoms with Gasteiger partial charge < -0.3 is 9.30 Å². The molecule has 1 fully saturated rings. The van der Waals surface area contributed by atoms with Gasteiger partial charge in [0.25, 0.3) is 0 Å². The Morgan fingerprint density at radius 1 is 1.26 bits per heavy atom. The molecule has 2 atom stereocenters. The molecule has 1 aromatic carbocycles. The van der Waals surface area contributed by atoms with Crippen LogP contribution in [0, 0.1) is 12.8 Å². The quantitative estimate of drug-likeness (QED) is 0.838. The second-order valence-electron chi connectivity index (χ2n) is 5.94. The minimum Gasteiger partial charge on any atom is -0.373 e. The molecule has 0 radical (unpaired) electrons. The summed E-state index contributed by atoms with van der Waals surface area (Å²) >= 11 is 0. The summed E-state index contributed by atoms with van der Waals surface area (Å²) in [5.41, 5.74) is 0.180. The summed E-state index contributed by atoms with van der Waals surface area (Å²) in [5, 5.41) is 0. The van der Waals surface area contributed by atoms with Crippen LogP contribution >= 0.6 is 0 Å². The van der Waals surface area contributed by atoms with Crippen LogP contribution in [0.2, 0.25) is 0 Å². The average Bonchev–Trinajstić information content (AvgIpc) is 2.92. The lowest BCUT2D eigenvalue weighted by Gasteiger charge is -2.32. The second-order valence-corrected chi connectivity index (χ2v) is 5.94. The molecular formula is C17H19F3N2O. The van der Waals surface area contributed by atoms with E-state index in [0.717, 1.165) is 42.9 Å². The lowest BCUT2D eigenvalue weighted by atomic mass is 9.89. The molecule has 2 heterocycles. The van der Waals surface area contributed by atoms with Crippen LogP contribution in [-0.4, -0.2) is 16.2 Å². The lowest BCUT2D eigenvalue weighted by molar-refractivity contribution is -0.137. The van der Waals surface area contributed by atoms with E-state index < -0.39 is 11.7 Å². The summed E-state index contributed by atoms with van der Waals surface area (Å²) in [6.45, 7) is 3.35. The van der Waals surface area contributed by atoms with E-state index >= 15 is 0 Å². The summed E-state index contributed by atoms with van der Waals surface area (Å²) in [5.74, 6) is 1.16. The van der Waals surface area contributed by atoms with Crippen molar-refractivity contribution in [2.45, 2.75) is 38.6 Å². The molecule has 0 amide bonds. The Labute approximate surface area is 133 Å². The standard InChI is InChI=1S/C17H19F3N2O/c1-12-21-8-9-22(12)11-14-3-2-10-23-16(14)13-4-6-15(7-5-13)17(18,19)20/h4-9,14,16H,2-3,10-11H2,1H3/t14-,16-/m0/s1. The third-order valence-corrected chi connectivity index (χ3v) is 4.37. The molecule has 1 aliphatic rings. The fourth-order valence-corrected chi connectivity index (χ4v) is 3.11. The molecule has 1 aliphatic heterocycles. The molecule has 0 saturated carbocycles. The lowest BCUT2D eigenvalue weighted by Crippen LogP contribution is -2.26. The number of nitrogens with zero attached hydrogens (tertiary/aromatic N) is 2. The number of rotatable bonds is 3. The summed E-state index contributed by atoms with van der Waals surface area (Å²) in [4.78, 5) is 4.22. The van der Waals surface area contributed by atoms with E-state index in [1.807, 2.05) is 13.1 Å². The van der Waals surface area contributed by atoms with Crippen molar-refractivity contribution in [3.05, 3.63) is 53.6 Å². The highest BCUT2D eigenvalue weighted by atomic mass is 19.4. The first-order chi connectivity index (χ1) is 10.9. The van der Waals surface area contributed by atoms with Crippen LogP contribution in [0.5, 0.6) is 0 Å². The molecule has 124 valence electrons. The molecule has 1 saturated heterocycles. The second kappa shape index (κ2) is 6.35. The number of hydrogen-bond donors (Lipinski definition) is 0. The minimum absolute atomic E-state index is 0.173. The zero-order valence-corrected chi connectivity index (χ0v) is 12.9. The molecule has 3 nitrogen and oxygen atoms in total. The third kappa shape index (κ3) is 3.58. The third-order valence-electron chi connectivity index (χ3n) is 4.37. The van der Waals surface area contributed by atoms with E-state index in [9.17, 15) is 13.2 Å². The SMILES string of the molecule is Cc1nccn1C[C@@H]1CCCO[C@H]1c1ccc(C(F)(F)F)cc1. The number of aryl methyl sites for hydroxylation is 1. The molecule has 0 unspecified atom stereocenters. The fraction of sp³-hybridized carbons (Fsp3) is 0.471. The number of benzene rings is 1. The van der Waals surface area contributed by atoms with Gasteiger partial charge in [0.15, 0.2) is 0 Å². The number of imidazole rings is 1. The van der Waals surface area contributed by atoms with Crippen molar-refractivity contribution in [3.63, 3.8) is 0 Å². The molecule has 0 aliphatic carbocycles. The van der Waals surface area contributed by atoms with Gasteiger partial charge in [0.1, 0.15) is 5.82 Å². The zero-order valence-electron chi connectivity index (χ0n) is 12.9. The Bertz CT molecular complexity index is 649. The number of halogens is 3. The predicted molar refractivity (Wildman–Crippen MR) is 79.8 cm³/mol. The van der Waals surface area contributed by atoms with Gasteiger partial charge in [0.2, 0.25) is 0 Å². The number of aromatic nitrogens is 2. The summed E-state index contributed by atoms with van der Waals surface area (Å²) in [7, 11) is 0. The van der Waals surface area contributed by atoms with Crippen LogP contribution in [0.4, 0.5) is 13.2 Å². The summed E-state index contributed by atoms with van der Waals surface area (Å²) < 4.78 is 46.0. The zero-order chi connectivity index (χ0) is 16.4. The topological polar surface area (TPSA) is 27.1 Å². The highest BCUT2D eigenvalue weighted by Crippen LogP contribution is 2.36. The normalized spacial score (nSPS) is 22.3. The molecule has 0 N–H and O–H groups in total. The van der Waals surface area contributed by atoms with E-state index in [2.05, 4.69) is 9.55 Å². The predicted octanol–water partition coefficient (Wildman–Crippen LogP) is 4.38. The molecule has 1 aromatic heterocycles. The number of alkyl halides is 3. The van der Waals surface area contributed by atoms with E-state index in [1.54, 1.807) is 6.20 Å². The molecule has 0 spiro atoms. The molecular weight excluding hydrogens is 305 g/mol. The van der Waals surface area contributed by atoms with Crippen LogP contribution in [0.1, 0.15) is 35.9 Å². The van der Waals surface area contributed by atoms with Crippen molar-refractivity contribution in [1.82, 2.24) is 9.55 Å². The number of ether oxygens (including phenoxy) is 1. The Kier molecular flexibility index (Phi) is 4.43. The smallest absolute Gasteiger partial charge is 0.373 e. The highest BCUT2D eigenvalue weighted by molar-refractivity contribution is 5.26.